The van der Waals surface area contributed by atoms with Crippen molar-refractivity contribution in [2.45, 2.75) is 20.1 Å². The summed E-state index contributed by atoms with van der Waals surface area (Å²) in [6.07, 6.45) is 0. The number of hydrogen-bond donors (Lipinski definition) is 1. The van der Waals surface area contributed by atoms with E-state index in [1.807, 2.05) is 43.3 Å². The summed E-state index contributed by atoms with van der Waals surface area (Å²) in [6.45, 7) is 2.31. The first-order valence-electron chi connectivity index (χ1n) is 6.30. The molecule has 2 aromatic carbocycles. The zero-order valence-corrected chi connectivity index (χ0v) is 13.1. The third-order valence-corrected chi connectivity index (χ3v) is 3.51. The quantitative estimate of drug-likeness (QED) is 0.901. The van der Waals surface area contributed by atoms with Gasteiger partial charge >= 0.3 is 0 Å². The van der Waals surface area contributed by atoms with E-state index in [9.17, 15) is 5.11 Å². The predicted molar refractivity (Wildman–Crippen MR) is 82.1 cm³/mol. The van der Waals surface area contributed by atoms with Crippen LogP contribution in [0.3, 0.4) is 0 Å². The minimum atomic E-state index is -0.0540. The van der Waals surface area contributed by atoms with Crippen molar-refractivity contribution in [3.63, 3.8) is 0 Å². The molecule has 0 radical (unpaired) electrons. The Morgan fingerprint density at radius 1 is 1.15 bits per heavy atom. The van der Waals surface area contributed by atoms with Crippen LogP contribution in [0.2, 0.25) is 0 Å². The van der Waals surface area contributed by atoms with Crippen molar-refractivity contribution in [2.75, 3.05) is 7.11 Å². The lowest BCUT2D eigenvalue weighted by molar-refractivity contribution is 0.255. The highest BCUT2D eigenvalue weighted by Crippen LogP contribution is 2.29. The van der Waals surface area contributed by atoms with Crippen LogP contribution < -0.4 is 9.47 Å². The van der Waals surface area contributed by atoms with Gasteiger partial charge in [-0.15, -0.1) is 0 Å². The van der Waals surface area contributed by atoms with E-state index < -0.39 is 0 Å². The number of benzene rings is 2. The summed E-state index contributed by atoms with van der Waals surface area (Å²) < 4.78 is 12.1. The third kappa shape index (κ3) is 3.32. The number of hydrogen-bond acceptors (Lipinski definition) is 3. The summed E-state index contributed by atoms with van der Waals surface area (Å²) in [5, 5.41) is 9.44. The van der Waals surface area contributed by atoms with E-state index in [0.29, 0.717) is 6.61 Å². The fourth-order valence-electron chi connectivity index (χ4n) is 2.10. The zero-order chi connectivity index (χ0) is 14.5. The SMILES string of the molecule is COc1ccccc1COc1c(C)cc(Br)cc1CO. The van der Waals surface area contributed by atoms with Gasteiger partial charge in [-0.3, -0.25) is 0 Å². The van der Waals surface area contributed by atoms with Gasteiger partial charge in [0.1, 0.15) is 18.1 Å². The van der Waals surface area contributed by atoms with Crippen molar-refractivity contribution in [2.24, 2.45) is 0 Å². The Kier molecular flexibility index (Phi) is 5.04. The van der Waals surface area contributed by atoms with Crippen LogP contribution in [0.4, 0.5) is 0 Å². The number of aliphatic hydroxyl groups excluding tert-OH is 1. The summed E-state index contributed by atoms with van der Waals surface area (Å²) in [5.41, 5.74) is 2.73. The molecule has 2 aromatic rings. The lowest BCUT2D eigenvalue weighted by Gasteiger charge is -2.15. The lowest BCUT2D eigenvalue weighted by atomic mass is 10.1. The van der Waals surface area contributed by atoms with Crippen molar-refractivity contribution in [1.29, 1.82) is 0 Å². The van der Waals surface area contributed by atoms with Crippen molar-refractivity contribution < 1.29 is 14.6 Å². The van der Waals surface area contributed by atoms with Gasteiger partial charge in [0.05, 0.1) is 13.7 Å². The molecule has 4 heteroatoms. The third-order valence-electron chi connectivity index (χ3n) is 3.05. The van der Waals surface area contributed by atoms with Crippen LogP contribution in [0.15, 0.2) is 40.9 Å². The van der Waals surface area contributed by atoms with Crippen LogP contribution in [0.5, 0.6) is 11.5 Å². The number of rotatable bonds is 5. The molecule has 0 aliphatic carbocycles. The van der Waals surface area contributed by atoms with E-state index in [4.69, 9.17) is 9.47 Å². The van der Waals surface area contributed by atoms with Gasteiger partial charge in [-0.2, -0.15) is 0 Å². The zero-order valence-electron chi connectivity index (χ0n) is 11.5. The molecule has 106 valence electrons. The second-order valence-electron chi connectivity index (χ2n) is 4.47. The average molecular weight is 337 g/mol. The second-order valence-corrected chi connectivity index (χ2v) is 5.39. The van der Waals surface area contributed by atoms with Crippen LogP contribution in [0.1, 0.15) is 16.7 Å². The Balaban J connectivity index is 2.23. The summed E-state index contributed by atoms with van der Waals surface area (Å²) in [4.78, 5) is 0. The number of ether oxygens (including phenoxy) is 2. The van der Waals surface area contributed by atoms with Gasteiger partial charge in [0, 0.05) is 15.6 Å². The summed E-state index contributed by atoms with van der Waals surface area (Å²) >= 11 is 3.42. The van der Waals surface area contributed by atoms with Crippen LogP contribution >= 0.6 is 15.9 Å². The second kappa shape index (κ2) is 6.77. The van der Waals surface area contributed by atoms with E-state index in [-0.39, 0.29) is 6.61 Å². The van der Waals surface area contributed by atoms with Crippen LogP contribution in [0, 0.1) is 6.92 Å². The Hall–Kier alpha value is -1.52. The number of halogens is 1. The Morgan fingerprint density at radius 3 is 2.60 bits per heavy atom. The first kappa shape index (κ1) is 14.9. The summed E-state index contributed by atoms with van der Waals surface area (Å²) in [5.74, 6) is 1.52. The van der Waals surface area contributed by atoms with Crippen LogP contribution in [0.25, 0.3) is 0 Å². The van der Waals surface area contributed by atoms with Crippen molar-refractivity contribution in [3.05, 3.63) is 57.6 Å². The maximum absolute atomic E-state index is 9.44. The Morgan fingerprint density at radius 2 is 1.90 bits per heavy atom. The molecule has 20 heavy (non-hydrogen) atoms. The van der Waals surface area contributed by atoms with Gasteiger partial charge in [0.15, 0.2) is 0 Å². The van der Waals surface area contributed by atoms with Crippen LogP contribution in [-0.4, -0.2) is 12.2 Å². The predicted octanol–water partition coefficient (Wildman–Crippen LogP) is 3.84. The van der Waals surface area contributed by atoms with Crippen molar-refractivity contribution in [1.82, 2.24) is 0 Å². The standard InChI is InChI=1S/C16H17BrO3/c1-11-7-14(17)8-13(9-18)16(11)20-10-12-5-3-4-6-15(12)19-2/h3-8,18H,9-10H2,1-2H3. The topological polar surface area (TPSA) is 38.7 Å². The fourth-order valence-corrected chi connectivity index (χ4v) is 2.72. The van der Waals surface area contributed by atoms with Gasteiger partial charge in [0.2, 0.25) is 0 Å². The maximum atomic E-state index is 9.44. The molecule has 0 unspecified atom stereocenters. The van der Waals surface area contributed by atoms with Gasteiger partial charge in [0.25, 0.3) is 0 Å². The molecule has 1 N–H and O–H groups in total. The summed E-state index contributed by atoms with van der Waals surface area (Å²) in [6, 6.07) is 11.6. The monoisotopic (exact) mass is 336 g/mol. The van der Waals surface area contributed by atoms with Gasteiger partial charge in [-0.05, 0) is 30.7 Å². The molecule has 0 bridgehead atoms. The number of methoxy groups -OCH3 is 1. The molecule has 0 spiro atoms. The highest BCUT2D eigenvalue weighted by Gasteiger charge is 2.10. The smallest absolute Gasteiger partial charge is 0.128 e. The average Bonchev–Trinajstić information content (AvgIpc) is 2.45. The van der Waals surface area contributed by atoms with Gasteiger partial charge in [-0.1, -0.05) is 34.1 Å². The molecule has 0 aromatic heterocycles. The van der Waals surface area contributed by atoms with E-state index in [2.05, 4.69) is 15.9 Å². The molecule has 3 nitrogen and oxygen atoms in total. The Bertz CT molecular complexity index is 596. The van der Waals surface area contributed by atoms with Crippen molar-refractivity contribution >= 4 is 15.9 Å². The molecular formula is C16H17BrO3. The van der Waals surface area contributed by atoms with Crippen molar-refractivity contribution in [3.8, 4) is 11.5 Å². The number of aliphatic hydroxyl groups is 1. The first-order valence-corrected chi connectivity index (χ1v) is 7.09. The first-order chi connectivity index (χ1) is 9.65. The maximum Gasteiger partial charge on any atom is 0.128 e. The molecule has 0 saturated heterocycles. The molecule has 0 aliphatic heterocycles. The molecule has 0 heterocycles. The van der Waals surface area contributed by atoms with Gasteiger partial charge in [-0.25, -0.2) is 0 Å². The lowest BCUT2D eigenvalue weighted by Crippen LogP contribution is -2.02. The summed E-state index contributed by atoms with van der Waals surface area (Å²) in [7, 11) is 1.64. The molecule has 0 atom stereocenters. The minimum Gasteiger partial charge on any atom is -0.496 e. The largest absolute Gasteiger partial charge is 0.496 e. The van der Waals surface area contributed by atoms with Gasteiger partial charge < -0.3 is 14.6 Å². The van der Waals surface area contributed by atoms with Crippen LogP contribution in [-0.2, 0) is 13.2 Å². The number of aryl methyl sites for hydroxylation is 1. The molecule has 0 saturated carbocycles. The highest BCUT2D eigenvalue weighted by atomic mass is 79.9. The molecular weight excluding hydrogens is 320 g/mol. The molecule has 0 fully saturated rings. The number of para-hydroxylation sites is 1. The molecule has 0 amide bonds. The minimum absolute atomic E-state index is 0.0540. The Labute approximate surface area is 127 Å². The van der Waals surface area contributed by atoms with E-state index in [1.54, 1.807) is 7.11 Å². The molecule has 0 aliphatic rings. The highest BCUT2D eigenvalue weighted by molar-refractivity contribution is 9.10. The van der Waals surface area contributed by atoms with E-state index in [0.717, 1.165) is 32.7 Å². The normalized spacial score (nSPS) is 10.4. The van der Waals surface area contributed by atoms with E-state index >= 15 is 0 Å². The fraction of sp³-hybridized carbons (Fsp3) is 0.250. The van der Waals surface area contributed by atoms with E-state index in [1.165, 1.54) is 0 Å². The molecule has 2 rings (SSSR count).